The normalized spacial score (nSPS) is 14.9. The maximum absolute atomic E-state index is 15.1. The van der Waals surface area contributed by atoms with Crippen molar-refractivity contribution in [1.29, 1.82) is 0 Å². The van der Waals surface area contributed by atoms with E-state index in [9.17, 15) is 13.2 Å². The van der Waals surface area contributed by atoms with Gasteiger partial charge in [-0.2, -0.15) is 13.2 Å². The number of alkyl halides is 3. The molecule has 0 amide bonds. The van der Waals surface area contributed by atoms with E-state index in [4.69, 9.17) is 5.73 Å². The fourth-order valence-electron chi connectivity index (χ4n) is 5.33. The second-order valence-corrected chi connectivity index (χ2v) is 9.74. The fourth-order valence-corrected chi connectivity index (χ4v) is 5.33. The fraction of sp³-hybridized carbons (Fsp3) is 0.355. The molecule has 3 aromatic rings. The van der Waals surface area contributed by atoms with Gasteiger partial charge in [0.15, 0.2) is 0 Å². The molecule has 0 heterocycles. The Morgan fingerprint density at radius 1 is 0.861 bits per heavy atom. The number of anilines is 1. The summed E-state index contributed by atoms with van der Waals surface area (Å²) in [5, 5.41) is 0. The van der Waals surface area contributed by atoms with Crippen molar-refractivity contribution in [2.75, 3.05) is 5.73 Å². The van der Waals surface area contributed by atoms with Gasteiger partial charge in [-0.05, 0) is 88.8 Å². The molecule has 1 nitrogen and oxygen atoms in total. The van der Waals surface area contributed by atoms with E-state index >= 15 is 4.39 Å². The molecule has 1 aliphatic carbocycles. The minimum Gasteiger partial charge on any atom is -0.396 e. The predicted octanol–water partition coefficient (Wildman–Crippen LogP) is 9.09. The van der Waals surface area contributed by atoms with Crippen molar-refractivity contribution < 1.29 is 17.6 Å². The summed E-state index contributed by atoms with van der Waals surface area (Å²) in [6.07, 6.45) is 1.93. The van der Waals surface area contributed by atoms with Crippen molar-refractivity contribution >= 4 is 16.8 Å². The molecule has 5 heteroatoms. The highest BCUT2D eigenvalue weighted by Crippen LogP contribution is 2.42. The molecule has 1 unspecified atom stereocenters. The third-order valence-corrected chi connectivity index (χ3v) is 7.30. The molecule has 0 saturated heterocycles. The Bertz CT molecular complexity index is 1220. The highest BCUT2D eigenvalue weighted by atomic mass is 19.4. The molecule has 36 heavy (non-hydrogen) atoms. The monoisotopic (exact) mass is 495 g/mol. The number of fused-ring (bicyclic) bond motifs is 1. The van der Waals surface area contributed by atoms with Crippen molar-refractivity contribution in [2.45, 2.75) is 65.0 Å². The van der Waals surface area contributed by atoms with E-state index in [0.717, 1.165) is 59.2 Å². The largest absolute Gasteiger partial charge is 0.416 e. The third-order valence-electron chi connectivity index (χ3n) is 7.30. The Balaban J connectivity index is 1.84. The van der Waals surface area contributed by atoms with Gasteiger partial charge in [0.05, 0.1) is 11.3 Å². The molecular formula is C31H33F4N. The number of hydrogen-bond donors (Lipinski definition) is 1. The van der Waals surface area contributed by atoms with Gasteiger partial charge in [-0.3, -0.25) is 0 Å². The van der Waals surface area contributed by atoms with E-state index < -0.39 is 17.6 Å². The molecule has 3 aromatic carbocycles. The SMILES string of the molecule is CCCC(CC)Cc1ccc(C2=C(c3ccc(C(F)(F)F)cc3)CCCc3c2ccc(N)c3F)cc1. The van der Waals surface area contributed by atoms with E-state index in [1.54, 1.807) is 6.07 Å². The lowest BCUT2D eigenvalue weighted by atomic mass is 9.86. The third kappa shape index (κ3) is 5.50. The second-order valence-electron chi connectivity index (χ2n) is 9.74. The van der Waals surface area contributed by atoms with Gasteiger partial charge in [0.2, 0.25) is 0 Å². The summed E-state index contributed by atoms with van der Waals surface area (Å²) in [6, 6.07) is 17.1. The Hall–Kier alpha value is -3.08. The average Bonchev–Trinajstić information content (AvgIpc) is 3.06. The smallest absolute Gasteiger partial charge is 0.396 e. The maximum Gasteiger partial charge on any atom is 0.416 e. The summed E-state index contributed by atoms with van der Waals surface area (Å²) in [7, 11) is 0. The zero-order valence-electron chi connectivity index (χ0n) is 20.9. The molecule has 0 aliphatic heterocycles. The van der Waals surface area contributed by atoms with Crippen LogP contribution in [0.3, 0.4) is 0 Å². The first-order valence-electron chi connectivity index (χ1n) is 12.8. The topological polar surface area (TPSA) is 26.0 Å². The summed E-state index contributed by atoms with van der Waals surface area (Å²) in [5.41, 5.74) is 11.4. The van der Waals surface area contributed by atoms with Gasteiger partial charge in [-0.25, -0.2) is 4.39 Å². The molecular weight excluding hydrogens is 462 g/mol. The van der Waals surface area contributed by atoms with Crippen LogP contribution in [0.1, 0.15) is 79.3 Å². The maximum atomic E-state index is 15.1. The van der Waals surface area contributed by atoms with Gasteiger partial charge in [0.25, 0.3) is 0 Å². The zero-order valence-corrected chi connectivity index (χ0v) is 20.9. The van der Waals surface area contributed by atoms with Gasteiger partial charge < -0.3 is 5.73 Å². The highest BCUT2D eigenvalue weighted by Gasteiger charge is 2.30. The van der Waals surface area contributed by atoms with E-state index in [2.05, 4.69) is 38.1 Å². The number of hydrogen-bond acceptors (Lipinski definition) is 1. The van der Waals surface area contributed by atoms with Crippen LogP contribution in [-0.4, -0.2) is 0 Å². The molecule has 0 aromatic heterocycles. The first-order valence-corrected chi connectivity index (χ1v) is 12.8. The van der Waals surface area contributed by atoms with Crippen LogP contribution in [0.5, 0.6) is 0 Å². The van der Waals surface area contributed by atoms with Crippen LogP contribution in [0.4, 0.5) is 23.2 Å². The molecule has 190 valence electrons. The first kappa shape index (κ1) is 26.0. The molecule has 4 rings (SSSR count). The van der Waals surface area contributed by atoms with Crippen molar-refractivity contribution in [3.63, 3.8) is 0 Å². The van der Waals surface area contributed by atoms with Gasteiger partial charge in [-0.15, -0.1) is 0 Å². The Morgan fingerprint density at radius 3 is 2.14 bits per heavy atom. The minimum atomic E-state index is -4.39. The Kier molecular flexibility index (Phi) is 7.87. The average molecular weight is 496 g/mol. The van der Waals surface area contributed by atoms with Crippen molar-refractivity contribution in [2.24, 2.45) is 5.92 Å². The molecule has 1 atom stereocenters. The number of allylic oxidation sites excluding steroid dienone is 1. The number of halogens is 4. The summed E-state index contributed by atoms with van der Waals surface area (Å²) in [5.74, 6) is 0.235. The zero-order chi connectivity index (χ0) is 25.9. The molecule has 0 radical (unpaired) electrons. The van der Waals surface area contributed by atoms with E-state index in [-0.39, 0.29) is 5.69 Å². The molecule has 2 N–H and O–H groups in total. The molecule has 0 bridgehead atoms. The van der Waals surface area contributed by atoms with Crippen LogP contribution in [0.2, 0.25) is 0 Å². The molecule has 0 fully saturated rings. The number of benzene rings is 3. The van der Waals surface area contributed by atoms with Crippen molar-refractivity contribution in [3.05, 3.63) is 99.9 Å². The molecule has 0 saturated carbocycles. The summed E-state index contributed by atoms with van der Waals surface area (Å²) >= 11 is 0. The van der Waals surface area contributed by atoms with Crippen LogP contribution in [-0.2, 0) is 19.0 Å². The van der Waals surface area contributed by atoms with Gasteiger partial charge in [-0.1, -0.05) is 75.6 Å². The van der Waals surface area contributed by atoms with E-state index in [1.165, 1.54) is 24.1 Å². The number of rotatable bonds is 7. The predicted molar refractivity (Wildman–Crippen MR) is 140 cm³/mol. The number of nitrogens with two attached hydrogens (primary N) is 1. The van der Waals surface area contributed by atoms with E-state index in [1.807, 2.05) is 6.07 Å². The molecule has 1 aliphatic rings. The van der Waals surface area contributed by atoms with Crippen LogP contribution in [0.25, 0.3) is 11.1 Å². The van der Waals surface area contributed by atoms with Gasteiger partial charge in [0.1, 0.15) is 5.82 Å². The van der Waals surface area contributed by atoms with Crippen LogP contribution in [0, 0.1) is 11.7 Å². The second kappa shape index (κ2) is 10.9. The summed E-state index contributed by atoms with van der Waals surface area (Å²) in [6.45, 7) is 4.43. The standard InChI is InChI=1S/C31H33F4N/c1-3-6-20(4-2)19-21-9-11-23(12-10-21)29-25(22-13-15-24(16-14-22)31(33,34)35)7-5-8-27-26(29)17-18-28(36)30(27)32/h9-18,20H,3-8,19,36H2,1-2H3. The minimum absolute atomic E-state index is 0.114. The summed E-state index contributed by atoms with van der Waals surface area (Å²) < 4.78 is 54.7. The lowest BCUT2D eigenvalue weighted by Gasteiger charge is -2.19. The summed E-state index contributed by atoms with van der Waals surface area (Å²) in [4.78, 5) is 0. The van der Waals surface area contributed by atoms with E-state index in [0.29, 0.717) is 30.7 Å². The van der Waals surface area contributed by atoms with Gasteiger partial charge in [0, 0.05) is 0 Å². The number of nitrogen functional groups attached to an aromatic ring is 1. The Morgan fingerprint density at radius 2 is 1.53 bits per heavy atom. The van der Waals surface area contributed by atoms with Crippen molar-refractivity contribution in [3.8, 4) is 0 Å². The lowest BCUT2D eigenvalue weighted by molar-refractivity contribution is -0.137. The lowest BCUT2D eigenvalue weighted by Crippen LogP contribution is -2.05. The van der Waals surface area contributed by atoms with Crippen LogP contribution < -0.4 is 5.73 Å². The van der Waals surface area contributed by atoms with Crippen molar-refractivity contribution in [1.82, 2.24) is 0 Å². The van der Waals surface area contributed by atoms with Crippen LogP contribution in [0.15, 0.2) is 60.7 Å². The quantitative estimate of drug-likeness (QED) is 0.257. The highest BCUT2D eigenvalue weighted by molar-refractivity contribution is 6.00. The van der Waals surface area contributed by atoms with Gasteiger partial charge >= 0.3 is 6.18 Å². The molecule has 0 spiro atoms. The first-order chi connectivity index (χ1) is 17.2. The Labute approximate surface area is 211 Å². The van der Waals surface area contributed by atoms with Crippen LogP contribution >= 0.6 is 0 Å².